The average molecular weight is 478 g/mol. The molecule has 4 rings (SSSR count). The van der Waals surface area contributed by atoms with Crippen molar-refractivity contribution in [2.24, 2.45) is 0 Å². The van der Waals surface area contributed by atoms with E-state index in [0.717, 1.165) is 11.1 Å². The van der Waals surface area contributed by atoms with E-state index in [-0.39, 0.29) is 28.5 Å². The van der Waals surface area contributed by atoms with Crippen molar-refractivity contribution in [3.63, 3.8) is 0 Å². The van der Waals surface area contributed by atoms with E-state index in [1.807, 2.05) is 43.3 Å². The average Bonchev–Trinajstić information content (AvgIpc) is 3.09. The first-order chi connectivity index (χ1) is 16.3. The van der Waals surface area contributed by atoms with Crippen LogP contribution in [0.2, 0.25) is 5.02 Å². The first-order valence-electron chi connectivity index (χ1n) is 10.7. The number of carbonyl (C=O) groups excluding carboxylic acids is 2. The van der Waals surface area contributed by atoms with E-state index in [2.05, 4.69) is 0 Å². The molecule has 174 valence electrons. The second-order valence-corrected chi connectivity index (χ2v) is 8.44. The van der Waals surface area contributed by atoms with Crippen LogP contribution in [0.5, 0.6) is 11.5 Å². The molecular weight excluding hydrogens is 454 g/mol. The molecule has 0 aliphatic carbocycles. The number of benzene rings is 3. The molecule has 1 heterocycles. The number of aliphatic hydroxyl groups is 1. The molecule has 1 unspecified atom stereocenters. The van der Waals surface area contributed by atoms with Crippen LogP contribution in [-0.4, -0.2) is 35.9 Å². The van der Waals surface area contributed by atoms with Crippen LogP contribution in [0.1, 0.15) is 28.3 Å². The van der Waals surface area contributed by atoms with Gasteiger partial charge in [-0.05, 0) is 48.4 Å². The Morgan fingerprint density at radius 1 is 0.971 bits per heavy atom. The summed E-state index contributed by atoms with van der Waals surface area (Å²) in [6.45, 7) is 2.11. The summed E-state index contributed by atoms with van der Waals surface area (Å²) in [6, 6.07) is 18.8. The maximum Gasteiger partial charge on any atom is 0.295 e. The van der Waals surface area contributed by atoms with Crippen LogP contribution in [0.25, 0.3) is 5.76 Å². The molecular formula is C27H24ClNO5. The SMILES string of the molecule is COc1ccc(CN2C(=O)C(=O)/C(=C(/O)c3cc(OC)ccc3Cl)C2c2cccc(C)c2)cc1. The number of hydrogen-bond donors (Lipinski definition) is 1. The number of amides is 1. The van der Waals surface area contributed by atoms with Gasteiger partial charge in [0, 0.05) is 12.1 Å². The Labute approximate surface area is 203 Å². The minimum absolute atomic E-state index is 0.0146. The third-order valence-corrected chi connectivity index (χ3v) is 6.17. The van der Waals surface area contributed by atoms with Gasteiger partial charge in [-0.1, -0.05) is 53.6 Å². The number of carbonyl (C=O) groups is 2. The number of Topliss-reactive ketones (excluding diaryl/α,β-unsaturated/α-hetero) is 1. The number of methoxy groups -OCH3 is 2. The fourth-order valence-corrected chi connectivity index (χ4v) is 4.32. The summed E-state index contributed by atoms with van der Waals surface area (Å²) < 4.78 is 10.5. The van der Waals surface area contributed by atoms with Crippen LogP contribution in [0, 0.1) is 6.92 Å². The second kappa shape index (κ2) is 9.61. The Bertz CT molecular complexity index is 1280. The van der Waals surface area contributed by atoms with Crippen molar-refractivity contribution in [3.05, 3.63) is 99.6 Å². The zero-order chi connectivity index (χ0) is 24.4. The summed E-state index contributed by atoms with van der Waals surface area (Å²) >= 11 is 6.35. The molecule has 3 aromatic rings. The first kappa shape index (κ1) is 23.4. The van der Waals surface area contributed by atoms with E-state index in [4.69, 9.17) is 21.1 Å². The van der Waals surface area contributed by atoms with E-state index in [1.165, 1.54) is 12.0 Å². The topological polar surface area (TPSA) is 76.1 Å². The van der Waals surface area contributed by atoms with Crippen molar-refractivity contribution in [2.75, 3.05) is 14.2 Å². The summed E-state index contributed by atoms with van der Waals surface area (Å²) in [5.74, 6) is -0.649. The molecule has 0 spiro atoms. The standard InChI is InChI=1S/C27H24ClNO5/c1-16-5-4-6-18(13-16)24-23(25(30)21-14-20(34-3)11-12-22(21)28)26(31)27(32)29(24)15-17-7-9-19(33-2)10-8-17/h4-14,24,30H,15H2,1-3H3/b25-23+. The molecule has 0 radical (unpaired) electrons. The van der Waals surface area contributed by atoms with Gasteiger partial charge < -0.3 is 19.5 Å². The molecule has 1 N–H and O–H groups in total. The Hall–Kier alpha value is -3.77. The van der Waals surface area contributed by atoms with Crippen molar-refractivity contribution >= 4 is 29.1 Å². The number of hydrogen-bond acceptors (Lipinski definition) is 5. The van der Waals surface area contributed by atoms with Crippen LogP contribution in [-0.2, 0) is 16.1 Å². The Morgan fingerprint density at radius 2 is 1.65 bits per heavy atom. The normalized spacial score (nSPS) is 17.2. The molecule has 0 bridgehead atoms. The van der Waals surface area contributed by atoms with E-state index in [1.54, 1.807) is 37.4 Å². The minimum atomic E-state index is -0.788. The monoisotopic (exact) mass is 477 g/mol. The highest BCUT2D eigenvalue weighted by Crippen LogP contribution is 2.42. The lowest BCUT2D eigenvalue weighted by Crippen LogP contribution is -2.29. The van der Waals surface area contributed by atoms with E-state index in [0.29, 0.717) is 17.1 Å². The lowest BCUT2D eigenvalue weighted by Gasteiger charge is -2.26. The molecule has 1 amide bonds. The molecule has 3 aromatic carbocycles. The number of ether oxygens (including phenoxy) is 2. The number of ketones is 1. The summed E-state index contributed by atoms with van der Waals surface area (Å²) in [5, 5.41) is 11.5. The third kappa shape index (κ3) is 4.37. The molecule has 1 atom stereocenters. The van der Waals surface area contributed by atoms with Crippen LogP contribution >= 0.6 is 11.6 Å². The highest BCUT2D eigenvalue weighted by molar-refractivity contribution is 6.47. The third-order valence-electron chi connectivity index (χ3n) is 5.84. The highest BCUT2D eigenvalue weighted by atomic mass is 35.5. The van der Waals surface area contributed by atoms with Gasteiger partial charge in [0.05, 0.1) is 30.9 Å². The van der Waals surface area contributed by atoms with Gasteiger partial charge in [-0.2, -0.15) is 0 Å². The minimum Gasteiger partial charge on any atom is -0.507 e. The Morgan fingerprint density at radius 3 is 2.29 bits per heavy atom. The van der Waals surface area contributed by atoms with Crippen molar-refractivity contribution < 1.29 is 24.2 Å². The van der Waals surface area contributed by atoms with Crippen molar-refractivity contribution in [2.45, 2.75) is 19.5 Å². The van der Waals surface area contributed by atoms with Crippen LogP contribution in [0.15, 0.2) is 72.3 Å². The van der Waals surface area contributed by atoms with Gasteiger partial charge in [0.25, 0.3) is 11.7 Å². The largest absolute Gasteiger partial charge is 0.507 e. The van der Waals surface area contributed by atoms with Gasteiger partial charge in [-0.15, -0.1) is 0 Å². The van der Waals surface area contributed by atoms with E-state index >= 15 is 0 Å². The summed E-state index contributed by atoms with van der Waals surface area (Å²) in [6.07, 6.45) is 0. The Kier molecular flexibility index (Phi) is 6.61. The molecule has 1 aliphatic heterocycles. The molecule has 0 aromatic heterocycles. The fourth-order valence-electron chi connectivity index (χ4n) is 4.12. The van der Waals surface area contributed by atoms with Crippen LogP contribution < -0.4 is 9.47 Å². The molecule has 1 saturated heterocycles. The lowest BCUT2D eigenvalue weighted by molar-refractivity contribution is -0.140. The van der Waals surface area contributed by atoms with Gasteiger partial charge in [-0.25, -0.2) is 0 Å². The Balaban J connectivity index is 1.87. The van der Waals surface area contributed by atoms with Crippen LogP contribution in [0.3, 0.4) is 0 Å². The van der Waals surface area contributed by atoms with E-state index in [9.17, 15) is 14.7 Å². The fraction of sp³-hybridized carbons (Fsp3) is 0.185. The highest BCUT2D eigenvalue weighted by Gasteiger charge is 2.46. The lowest BCUT2D eigenvalue weighted by atomic mass is 9.94. The van der Waals surface area contributed by atoms with Gasteiger partial charge in [0.15, 0.2) is 0 Å². The molecule has 34 heavy (non-hydrogen) atoms. The summed E-state index contributed by atoms with van der Waals surface area (Å²) in [4.78, 5) is 27.9. The van der Waals surface area contributed by atoms with Gasteiger partial charge >= 0.3 is 0 Å². The number of nitrogens with zero attached hydrogens (tertiary/aromatic N) is 1. The van der Waals surface area contributed by atoms with Crippen molar-refractivity contribution in [1.82, 2.24) is 4.90 Å². The zero-order valence-electron chi connectivity index (χ0n) is 19.0. The number of halogens is 1. The number of aliphatic hydroxyl groups excluding tert-OH is 1. The zero-order valence-corrected chi connectivity index (χ0v) is 19.8. The number of aryl methyl sites for hydroxylation is 1. The van der Waals surface area contributed by atoms with Gasteiger partial charge in [0.2, 0.25) is 0 Å². The van der Waals surface area contributed by atoms with Gasteiger partial charge in [0.1, 0.15) is 17.3 Å². The maximum absolute atomic E-state index is 13.3. The molecule has 6 nitrogen and oxygen atoms in total. The predicted molar refractivity (Wildman–Crippen MR) is 130 cm³/mol. The quantitative estimate of drug-likeness (QED) is 0.296. The molecule has 0 saturated carbocycles. The van der Waals surface area contributed by atoms with Crippen molar-refractivity contribution in [3.8, 4) is 11.5 Å². The molecule has 1 fully saturated rings. The number of rotatable bonds is 6. The molecule has 7 heteroatoms. The smallest absolute Gasteiger partial charge is 0.295 e. The maximum atomic E-state index is 13.3. The summed E-state index contributed by atoms with van der Waals surface area (Å²) in [5.41, 5.74) is 2.71. The van der Waals surface area contributed by atoms with Crippen LogP contribution in [0.4, 0.5) is 0 Å². The predicted octanol–water partition coefficient (Wildman–Crippen LogP) is 5.29. The first-order valence-corrected chi connectivity index (χ1v) is 11.0. The summed E-state index contributed by atoms with van der Waals surface area (Å²) in [7, 11) is 3.07. The second-order valence-electron chi connectivity index (χ2n) is 8.03. The number of likely N-dealkylation sites (tertiary alicyclic amines) is 1. The van der Waals surface area contributed by atoms with Crippen molar-refractivity contribution in [1.29, 1.82) is 0 Å². The molecule has 1 aliphatic rings. The van der Waals surface area contributed by atoms with Gasteiger partial charge in [-0.3, -0.25) is 9.59 Å². The van der Waals surface area contributed by atoms with E-state index < -0.39 is 17.7 Å².